The van der Waals surface area contributed by atoms with E-state index in [1.54, 1.807) is 0 Å². The molecule has 6 nitrogen and oxygen atoms in total. The van der Waals surface area contributed by atoms with Gasteiger partial charge in [0.05, 0.1) is 12.4 Å². The zero-order valence-electron chi connectivity index (χ0n) is 9.84. The van der Waals surface area contributed by atoms with E-state index in [1.165, 1.54) is 12.4 Å². The highest BCUT2D eigenvalue weighted by Crippen LogP contribution is 2.39. The van der Waals surface area contributed by atoms with E-state index >= 15 is 0 Å². The van der Waals surface area contributed by atoms with E-state index in [9.17, 15) is 8.42 Å². The lowest BCUT2D eigenvalue weighted by atomic mass is 10.0. The first kappa shape index (κ1) is 12.3. The van der Waals surface area contributed by atoms with Crippen LogP contribution in [0.15, 0.2) is 17.3 Å². The molecule has 94 valence electrons. The molecule has 0 radical (unpaired) electrons. The van der Waals surface area contributed by atoms with Crippen LogP contribution in [0.25, 0.3) is 0 Å². The van der Waals surface area contributed by atoms with E-state index in [0.29, 0.717) is 5.92 Å². The van der Waals surface area contributed by atoms with Crippen LogP contribution >= 0.6 is 0 Å². The Morgan fingerprint density at radius 1 is 1.35 bits per heavy atom. The molecule has 1 aromatic heterocycles. The standard InChI is InChI=1S/C10H16N4O2S/c1-10(2,7-3-4-7)14-17(15,16)8-5-12-9(11)13-6-8/h5-7,14H,3-4H2,1-2H3,(H2,11,12,13). The maximum Gasteiger partial charge on any atom is 0.244 e. The highest BCUT2D eigenvalue weighted by atomic mass is 32.2. The van der Waals surface area contributed by atoms with Crippen molar-refractivity contribution in [2.24, 2.45) is 5.92 Å². The van der Waals surface area contributed by atoms with Crippen LogP contribution < -0.4 is 10.5 Å². The van der Waals surface area contributed by atoms with Gasteiger partial charge < -0.3 is 5.73 Å². The third-order valence-electron chi connectivity index (χ3n) is 2.95. The van der Waals surface area contributed by atoms with Crippen LogP contribution in [0.4, 0.5) is 5.95 Å². The van der Waals surface area contributed by atoms with Crippen molar-refractivity contribution in [2.45, 2.75) is 37.1 Å². The Labute approximate surface area is 101 Å². The summed E-state index contributed by atoms with van der Waals surface area (Å²) in [5, 5.41) is 0. The van der Waals surface area contributed by atoms with E-state index in [1.807, 2.05) is 13.8 Å². The van der Waals surface area contributed by atoms with Crippen LogP contribution in [0.1, 0.15) is 26.7 Å². The van der Waals surface area contributed by atoms with Gasteiger partial charge in [0, 0.05) is 5.54 Å². The summed E-state index contributed by atoms with van der Waals surface area (Å²) in [6.07, 6.45) is 4.56. The number of nitrogens with two attached hydrogens (primary N) is 1. The molecule has 3 N–H and O–H groups in total. The maximum absolute atomic E-state index is 12.1. The lowest BCUT2D eigenvalue weighted by Gasteiger charge is -2.25. The fourth-order valence-corrected chi connectivity index (χ4v) is 3.12. The molecular weight excluding hydrogens is 240 g/mol. The second-order valence-corrected chi connectivity index (χ2v) is 6.56. The first-order chi connectivity index (χ1) is 7.81. The molecule has 0 unspecified atom stereocenters. The van der Waals surface area contributed by atoms with Crippen molar-refractivity contribution in [2.75, 3.05) is 5.73 Å². The second kappa shape index (κ2) is 3.92. The normalized spacial score (nSPS) is 17.1. The average molecular weight is 256 g/mol. The van der Waals surface area contributed by atoms with Gasteiger partial charge in [0.2, 0.25) is 16.0 Å². The predicted octanol–water partition coefficient (Wildman–Crippen LogP) is 0.526. The molecule has 1 heterocycles. The molecule has 0 aliphatic heterocycles. The number of sulfonamides is 1. The Morgan fingerprint density at radius 3 is 2.35 bits per heavy atom. The third-order valence-corrected chi connectivity index (χ3v) is 4.58. The smallest absolute Gasteiger partial charge is 0.244 e. The van der Waals surface area contributed by atoms with Gasteiger partial charge in [-0.2, -0.15) is 0 Å². The molecule has 7 heteroatoms. The number of anilines is 1. The Morgan fingerprint density at radius 2 is 1.88 bits per heavy atom. The zero-order valence-corrected chi connectivity index (χ0v) is 10.7. The Hall–Kier alpha value is -1.21. The van der Waals surface area contributed by atoms with Crippen LogP contribution in [-0.2, 0) is 10.0 Å². The summed E-state index contributed by atoms with van der Waals surface area (Å²) in [6, 6.07) is 0. The fourth-order valence-electron chi connectivity index (χ4n) is 1.76. The van der Waals surface area contributed by atoms with Crippen LogP contribution in [0.3, 0.4) is 0 Å². The monoisotopic (exact) mass is 256 g/mol. The van der Waals surface area contributed by atoms with E-state index in [-0.39, 0.29) is 10.8 Å². The third kappa shape index (κ3) is 2.73. The summed E-state index contributed by atoms with van der Waals surface area (Å²) < 4.78 is 26.8. The lowest BCUT2D eigenvalue weighted by Crippen LogP contribution is -2.45. The summed E-state index contributed by atoms with van der Waals surface area (Å²) in [6.45, 7) is 3.78. The summed E-state index contributed by atoms with van der Waals surface area (Å²) in [7, 11) is -3.57. The van der Waals surface area contributed by atoms with Gasteiger partial charge >= 0.3 is 0 Å². The molecule has 0 bridgehead atoms. The first-order valence-corrected chi connectivity index (χ1v) is 6.91. The van der Waals surface area contributed by atoms with Gasteiger partial charge in [0.1, 0.15) is 4.90 Å². The summed E-state index contributed by atoms with van der Waals surface area (Å²) in [5.41, 5.74) is 4.89. The number of hydrogen-bond donors (Lipinski definition) is 2. The topological polar surface area (TPSA) is 98.0 Å². The van der Waals surface area contributed by atoms with E-state index < -0.39 is 15.6 Å². The van der Waals surface area contributed by atoms with Crippen molar-refractivity contribution in [3.63, 3.8) is 0 Å². The van der Waals surface area contributed by atoms with Crippen LogP contribution in [0.5, 0.6) is 0 Å². The molecule has 0 aromatic carbocycles. The number of hydrogen-bond acceptors (Lipinski definition) is 5. The Bertz CT molecular complexity index is 506. The largest absolute Gasteiger partial charge is 0.368 e. The lowest BCUT2D eigenvalue weighted by molar-refractivity contribution is 0.400. The molecule has 0 saturated heterocycles. The SMILES string of the molecule is CC(C)(NS(=O)(=O)c1cnc(N)nc1)C1CC1. The number of aromatic nitrogens is 2. The minimum atomic E-state index is -3.57. The van der Waals surface area contributed by atoms with Crippen molar-refractivity contribution in [3.05, 3.63) is 12.4 Å². The summed E-state index contributed by atoms with van der Waals surface area (Å²) in [5.74, 6) is 0.470. The van der Waals surface area contributed by atoms with Gasteiger partial charge in [-0.05, 0) is 32.6 Å². The molecule has 1 aromatic rings. The minimum Gasteiger partial charge on any atom is -0.368 e. The van der Waals surface area contributed by atoms with Gasteiger partial charge in [-0.1, -0.05) is 0 Å². The van der Waals surface area contributed by atoms with Crippen molar-refractivity contribution in [1.82, 2.24) is 14.7 Å². The van der Waals surface area contributed by atoms with E-state index in [2.05, 4.69) is 14.7 Å². The second-order valence-electron chi connectivity index (χ2n) is 4.88. The number of nitrogens with zero attached hydrogens (tertiary/aromatic N) is 2. The van der Waals surface area contributed by atoms with Crippen LogP contribution in [0, 0.1) is 5.92 Å². The van der Waals surface area contributed by atoms with Crippen LogP contribution in [-0.4, -0.2) is 23.9 Å². The molecule has 1 saturated carbocycles. The number of nitrogen functional groups attached to an aromatic ring is 1. The number of rotatable bonds is 4. The minimum absolute atomic E-state index is 0.0421. The van der Waals surface area contributed by atoms with Gasteiger partial charge in [0.25, 0.3) is 0 Å². The van der Waals surface area contributed by atoms with E-state index in [4.69, 9.17) is 5.73 Å². The quantitative estimate of drug-likeness (QED) is 0.818. The van der Waals surface area contributed by atoms with E-state index in [0.717, 1.165) is 12.8 Å². The molecule has 17 heavy (non-hydrogen) atoms. The Kier molecular flexibility index (Phi) is 2.82. The highest BCUT2D eigenvalue weighted by molar-refractivity contribution is 7.89. The molecule has 0 spiro atoms. The van der Waals surface area contributed by atoms with Gasteiger partial charge in [0.15, 0.2) is 0 Å². The average Bonchev–Trinajstić information content (AvgIpc) is 2.99. The molecule has 2 rings (SSSR count). The van der Waals surface area contributed by atoms with Crippen molar-refractivity contribution >= 4 is 16.0 Å². The maximum atomic E-state index is 12.1. The van der Waals surface area contributed by atoms with Crippen molar-refractivity contribution in [3.8, 4) is 0 Å². The fraction of sp³-hybridized carbons (Fsp3) is 0.600. The number of nitrogens with one attached hydrogen (secondary N) is 1. The van der Waals surface area contributed by atoms with Gasteiger partial charge in [-0.25, -0.2) is 23.1 Å². The van der Waals surface area contributed by atoms with Crippen LogP contribution in [0.2, 0.25) is 0 Å². The molecule has 1 aliphatic carbocycles. The Balaban J connectivity index is 2.21. The van der Waals surface area contributed by atoms with Gasteiger partial charge in [-0.15, -0.1) is 0 Å². The summed E-state index contributed by atoms with van der Waals surface area (Å²) in [4.78, 5) is 7.41. The van der Waals surface area contributed by atoms with Crippen molar-refractivity contribution < 1.29 is 8.42 Å². The molecular formula is C10H16N4O2S. The predicted molar refractivity (Wildman–Crippen MR) is 63.6 cm³/mol. The molecule has 1 aliphatic rings. The molecule has 1 fully saturated rings. The summed E-state index contributed by atoms with van der Waals surface area (Å²) >= 11 is 0. The van der Waals surface area contributed by atoms with Gasteiger partial charge in [-0.3, -0.25) is 0 Å². The highest BCUT2D eigenvalue weighted by Gasteiger charge is 2.40. The van der Waals surface area contributed by atoms with Crippen molar-refractivity contribution in [1.29, 1.82) is 0 Å². The molecule has 0 atom stereocenters. The molecule has 0 amide bonds. The first-order valence-electron chi connectivity index (χ1n) is 5.43. The zero-order chi connectivity index (χ0) is 12.7.